The van der Waals surface area contributed by atoms with Gasteiger partial charge in [0.15, 0.2) is 0 Å². The van der Waals surface area contributed by atoms with E-state index in [0.29, 0.717) is 37.7 Å². The molecule has 2 aromatic carbocycles. The largest absolute Gasteiger partial charge is 0.506 e. The highest BCUT2D eigenvalue weighted by Gasteiger charge is 2.38. The van der Waals surface area contributed by atoms with Crippen LogP contribution < -0.4 is 10.9 Å². The molecule has 9 nitrogen and oxygen atoms in total. The van der Waals surface area contributed by atoms with Crippen LogP contribution in [0.3, 0.4) is 0 Å². The van der Waals surface area contributed by atoms with Crippen LogP contribution in [0.25, 0.3) is 10.9 Å². The van der Waals surface area contributed by atoms with Crippen molar-refractivity contribution in [1.82, 2.24) is 15.2 Å². The van der Waals surface area contributed by atoms with Gasteiger partial charge in [0, 0.05) is 30.6 Å². The predicted molar refractivity (Wildman–Crippen MR) is 165 cm³/mol. The first-order valence-corrected chi connectivity index (χ1v) is 15.3. The molecule has 1 aliphatic carbocycles. The minimum absolute atomic E-state index is 0.0796. The number of carbonyl (C=O) groups excluding carboxylic acids is 1. The van der Waals surface area contributed by atoms with Crippen LogP contribution in [0.4, 0.5) is 13.2 Å². The number of H-pyrrole nitrogens is 1. The summed E-state index contributed by atoms with van der Waals surface area (Å²) in [6, 6.07) is 17.4. The van der Waals surface area contributed by atoms with E-state index in [1.165, 1.54) is 37.3 Å². The topological polar surface area (TPSA) is 132 Å². The number of ether oxygens (including phenoxy) is 1. The number of aromatic hydroxyl groups is 1. The number of halogens is 3. The molecule has 4 N–H and O–H groups in total. The number of amides is 1. The summed E-state index contributed by atoms with van der Waals surface area (Å²) in [4.78, 5) is 38.6. The van der Waals surface area contributed by atoms with E-state index in [2.05, 4.69) is 27.3 Å². The number of nitrogens with one attached hydrogen (secondary N) is 2. The molecule has 45 heavy (non-hydrogen) atoms. The monoisotopic (exact) mass is 633 g/mol. The highest BCUT2D eigenvalue weighted by molar-refractivity contribution is 5.87. The average molecular weight is 634 g/mol. The minimum Gasteiger partial charge on any atom is -0.506 e. The summed E-state index contributed by atoms with van der Waals surface area (Å²) >= 11 is 0. The number of aromatic nitrogens is 1. The third-order valence-corrected chi connectivity index (χ3v) is 7.73. The molecule has 1 saturated carbocycles. The predicted octanol–water partition coefficient (Wildman–Crippen LogP) is 5.20. The third-order valence-electron chi connectivity index (χ3n) is 7.73. The lowest BCUT2D eigenvalue weighted by Crippen LogP contribution is -2.44. The van der Waals surface area contributed by atoms with Gasteiger partial charge < -0.3 is 30.2 Å². The minimum atomic E-state index is -5.08. The number of fused-ring (bicyclic) bond motifs is 1. The Hall–Kier alpha value is -3.90. The number of aliphatic carboxylic acids is 1. The van der Waals surface area contributed by atoms with Crippen molar-refractivity contribution in [3.8, 4) is 5.75 Å². The summed E-state index contributed by atoms with van der Waals surface area (Å²) in [5.41, 5.74) is 2.56. The van der Waals surface area contributed by atoms with Crippen molar-refractivity contribution in [3.63, 3.8) is 0 Å². The van der Waals surface area contributed by atoms with Gasteiger partial charge in [0.1, 0.15) is 5.75 Å². The lowest BCUT2D eigenvalue weighted by Gasteiger charge is -2.31. The lowest BCUT2D eigenvalue weighted by molar-refractivity contribution is -0.192. The first-order valence-electron chi connectivity index (χ1n) is 15.3. The van der Waals surface area contributed by atoms with Crippen molar-refractivity contribution in [3.05, 3.63) is 76.1 Å². The lowest BCUT2D eigenvalue weighted by atomic mass is 10.0. The molecule has 1 fully saturated rings. The highest BCUT2D eigenvalue weighted by Crippen LogP contribution is 2.25. The summed E-state index contributed by atoms with van der Waals surface area (Å²) in [6.45, 7) is 3.25. The number of carboxylic acid groups (broad SMARTS) is 1. The van der Waals surface area contributed by atoms with E-state index in [4.69, 9.17) is 14.6 Å². The van der Waals surface area contributed by atoms with Gasteiger partial charge in [0.05, 0.1) is 25.2 Å². The number of phenols is 1. The van der Waals surface area contributed by atoms with Gasteiger partial charge in [0.25, 0.3) is 0 Å². The van der Waals surface area contributed by atoms with Crippen molar-refractivity contribution in [2.75, 3.05) is 32.8 Å². The summed E-state index contributed by atoms with van der Waals surface area (Å²) < 4.78 is 37.5. The van der Waals surface area contributed by atoms with Gasteiger partial charge in [-0.1, -0.05) is 62.1 Å². The third kappa shape index (κ3) is 12.2. The van der Waals surface area contributed by atoms with Gasteiger partial charge >= 0.3 is 12.1 Å². The Balaban J connectivity index is 0.000000707. The number of hydrogen-bond acceptors (Lipinski definition) is 6. The summed E-state index contributed by atoms with van der Waals surface area (Å²) in [5.74, 6) is -2.49. The fourth-order valence-corrected chi connectivity index (χ4v) is 5.38. The van der Waals surface area contributed by atoms with Crippen molar-refractivity contribution in [2.45, 2.75) is 70.0 Å². The molecule has 0 spiro atoms. The molecule has 12 heteroatoms. The Kier molecular flexibility index (Phi) is 14.4. The summed E-state index contributed by atoms with van der Waals surface area (Å²) in [7, 11) is 0. The number of pyridine rings is 1. The summed E-state index contributed by atoms with van der Waals surface area (Å²) in [6.07, 6.45) is 4.00. The number of rotatable bonds is 13. The molecular formula is C33H42F3N3O6. The standard InChI is InChI=1S/C31H41N3O4.C2HF3O2/c35-28-14-12-25(27-13-15-29(36)33-31(27)28)16-19-32-20-21-34(26-10-6-1-2-7-11-26)30(37)18-23-38-22-17-24-8-4-3-5-9-24;3-2(4,5)1(6)7/h3-5,8-9,12-15,26,32,35H,1-2,6-7,10-11,16-23H2,(H,33,36);(H,6,7). The van der Waals surface area contributed by atoms with Crippen LogP contribution >= 0.6 is 0 Å². The van der Waals surface area contributed by atoms with E-state index < -0.39 is 12.1 Å². The van der Waals surface area contributed by atoms with Crippen LogP contribution in [0.15, 0.2) is 59.4 Å². The number of benzene rings is 2. The molecule has 0 bridgehead atoms. The number of aromatic amines is 1. The number of nitrogens with zero attached hydrogens (tertiary/aromatic N) is 1. The van der Waals surface area contributed by atoms with Crippen LogP contribution in [0.1, 0.15) is 56.1 Å². The van der Waals surface area contributed by atoms with Crippen molar-refractivity contribution < 1.29 is 37.7 Å². The highest BCUT2D eigenvalue weighted by atomic mass is 19.4. The average Bonchev–Trinajstić information content (AvgIpc) is 3.30. The number of carboxylic acids is 1. The van der Waals surface area contributed by atoms with Crippen LogP contribution in [-0.4, -0.2) is 77.0 Å². The molecular weight excluding hydrogens is 591 g/mol. The van der Waals surface area contributed by atoms with Gasteiger partial charge in [-0.3, -0.25) is 9.59 Å². The van der Waals surface area contributed by atoms with Crippen LogP contribution in [-0.2, 0) is 27.2 Å². The Bertz CT molecular complexity index is 1410. The van der Waals surface area contributed by atoms with Crippen molar-refractivity contribution in [2.24, 2.45) is 0 Å². The number of carbonyl (C=O) groups is 2. The first-order chi connectivity index (χ1) is 21.6. The number of alkyl halides is 3. The zero-order chi connectivity index (χ0) is 32.7. The zero-order valence-corrected chi connectivity index (χ0v) is 25.3. The number of phenolic OH excluding ortho intramolecular Hbond substituents is 1. The number of hydrogen-bond donors (Lipinski definition) is 4. The van der Waals surface area contributed by atoms with Crippen molar-refractivity contribution >= 4 is 22.8 Å². The van der Waals surface area contributed by atoms with E-state index in [0.717, 1.165) is 49.7 Å². The van der Waals surface area contributed by atoms with Gasteiger partial charge in [-0.25, -0.2) is 4.79 Å². The van der Waals surface area contributed by atoms with Crippen LogP contribution in [0, 0.1) is 0 Å². The smallest absolute Gasteiger partial charge is 0.490 e. The molecule has 1 heterocycles. The maximum absolute atomic E-state index is 13.2. The van der Waals surface area contributed by atoms with E-state index in [1.54, 1.807) is 12.1 Å². The van der Waals surface area contributed by atoms with Gasteiger partial charge in [0.2, 0.25) is 11.5 Å². The first kappa shape index (κ1) is 35.6. The summed E-state index contributed by atoms with van der Waals surface area (Å²) in [5, 5.41) is 21.6. The molecule has 0 aliphatic heterocycles. The normalized spacial score (nSPS) is 13.9. The molecule has 0 atom stereocenters. The maximum atomic E-state index is 13.2. The second kappa shape index (κ2) is 18.2. The molecule has 1 amide bonds. The molecule has 1 aromatic heterocycles. The Labute approximate surface area is 260 Å². The van der Waals surface area contributed by atoms with Gasteiger partial charge in [-0.05, 0) is 55.5 Å². The van der Waals surface area contributed by atoms with E-state index >= 15 is 0 Å². The molecule has 0 unspecified atom stereocenters. The Morgan fingerprint density at radius 2 is 1.62 bits per heavy atom. The molecule has 0 radical (unpaired) electrons. The van der Waals surface area contributed by atoms with E-state index in [-0.39, 0.29) is 17.2 Å². The maximum Gasteiger partial charge on any atom is 0.490 e. The molecule has 3 aromatic rings. The second-order valence-corrected chi connectivity index (χ2v) is 11.0. The zero-order valence-electron chi connectivity index (χ0n) is 25.3. The Morgan fingerprint density at radius 1 is 0.933 bits per heavy atom. The van der Waals surface area contributed by atoms with Gasteiger partial charge in [-0.15, -0.1) is 0 Å². The molecule has 246 valence electrons. The van der Waals surface area contributed by atoms with Gasteiger partial charge in [-0.2, -0.15) is 13.2 Å². The molecule has 0 saturated heterocycles. The quantitative estimate of drug-likeness (QED) is 0.150. The Morgan fingerprint density at radius 3 is 2.29 bits per heavy atom. The van der Waals surface area contributed by atoms with E-state index in [9.17, 15) is 27.9 Å². The second-order valence-electron chi connectivity index (χ2n) is 11.0. The fraction of sp³-hybridized carbons (Fsp3) is 0.485. The molecule has 1 aliphatic rings. The molecule has 4 rings (SSSR count). The fourth-order valence-electron chi connectivity index (χ4n) is 5.38. The van der Waals surface area contributed by atoms with Crippen LogP contribution in [0.5, 0.6) is 5.75 Å². The van der Waals surface area contributed by atoms with E-state index in [1.807, 2.05) is 24.3 Å². The SMILES string of the molecule is O=C(CCOCCc1ccccc1)N(CCNCCc1ccc(O)c2[nH]c(=O)ccc12)C1CCCCCC1.O=C(O)C(F)(F)F. The van der Waals surface area contributed by atoms with Crippen molar-refractivity contribution in [1.29, 1.82) is 0 Å². The van der Waals surface area contributed by atoms with Crippen LogP contribution in [0.2, 0.25) is 0 Å².